The average Bonchev–Trinajstić information content (AvgIpc) is 2.43. The Labute approximate surface area is 104 Å². The lowest BCUT2D eigenvalue weighted by molar-refractivity contribution is -0.137. The fourth-order valence-electron chi connectivity index (χ4n) is 2.84. The molecule has 0 aromatic heterocycles. The lowest BCUT2D eigenvalue weighted by Crippen LogP contribution is -2.53. The van der Waals surface area contributed by atoms with Gasteiger partial charge in [0.1, 0.15) is 0 Å². The van der Waals surface area contributed by atoms with E-state index in [-0.39, 0.29) is 18.1 Å². The molecule has 0 spiro atoms. The number of carbonyl (C=O) groups is 1. The summed E-state index contributed by atoms with van der Waals surface area (Å²) in [5.74, 6) is 0.863. The van der Waals surface area contributed by atoms with Gasteiger partial charge >= 0.3 is 0 Å². The second kappa shape index (κ2) is 4.94. The Morgan fingerprint density at radius 2 is 2.12 bits per heavy atom. The van der Waals surface area contributed by atoms with Gasteiger partial charge < -0.3 is 9.64 Å². The van der Waals surface area contributed by atoms with Crippen LogP contribution in [0.2, 0.25) is 0 Å². The van der Waals surface area contributed by atoms with Gasteiger partial charge in [-0.25, -0.2) is 0 Å². The van der Waals surface area contributed by atoms with Crippen LogP contribution in [0.1, 0.15) is 40.0 Å². The van der Waals surface area contributed by atoms with Crippen molar-refractivity contribution in [2.75, 3.05) is 7.11 Å². The number of hydrogen-bond acceptors (Lipinski definition) is 3. The fraction of sp³-hybridized carbons (Fsp3) is 0.923. The third-order valence-corrected chi connectivity index (χ3v) is 3.89. The maximum atomic E-state index is 12.1. The summed E-state index contributed by atoms with van der Waals surface area (Å²) in [6, 6.07) is 0.356. The van der Waals surface area contributed by atoms with E-state index in [4.69, 9.17) is 4.74 Å². The zero-order valence-electron chi connectivity index (χ0n) is 11.3. The maximum Gasteiger partial charge on any atom is 0.240 e. The molecule has 0 bridgehead atoms. The molecule has 1 saturated carbocycles. The van der Waals surface area contributed by atoms with Gasteiger partial charge in [0.25, 0.3) is 0 Å². The summed E-state index contributed by atoms with van der Waals surface area (Å²) in [5.41, 5.74) is 0. The van der Waals surface area contributed by atoms with Crippen molar-refractivity contribution < 1.29 is 9.53 Å². The highest BCUT2D eigenvalue weighted by atomic mass is 16.5. The molecule has 1 saturated heterocycles. The van der Waals surface area contributed by atoms with E-state index in [9.17, 15) is 4.79 Å². The van der Waals surface area contributed by atoms with E-state index in [0.717, 1.165) is 19.3 Å². The van der Waals surface area contributed by atoms with Gasteiger partial charge in [0.2, 0.25) is 5.91 Å². The molecule has 4 nitrogen and oxygen atoms in total. The number of amides is 1. The normalized spacial score (nSPS) is 37.7. The summed E-state index contributed by atoms with van der Waals surface area (Å²) >= 11 is 0. The van der Waals surface area contributed by atoms with Crippen LogP contribution in [0.15, 0.2) is 0 Å². The first-order chi connectivity index (χ1) is 8.02. The van der Waals surface area contributed by atoms with Crippen LogP contribution >= 0.6 is 0 Å². The monoisotopic (exact) mass is 240 g/mol. The van der Waals surface area contributed by atoms with Crippen molar-refractivity contribution in [1.82, 2.24) is 10.2 Å². The molecule has 4 heteroatoms. The van der Waals surface area contributed by atoms with Gasteiger partial charge in [-0.3, -0.25) is 10.1 Å². The Bertz CT molecular complexity index is 287. The van der Waals surface area contributed by atoms with Crippen LogP contribution in [-0.4, -0.2) is 42.3 Å². The largest absolute Gasteiger partial charge is 0.381 e. The van der Waals surface area contributed by atoms with E-state index in [1.807, 2.05) is 6.92 Å². The van der Waals surface area contributed by atoms with Gasteiger partial charge in [-0.1, -0.05) is 13.8 Å². The molecule has 1 N–H and O–H groups in total. The van der Waals surface area contributed by atoms with E-state index in [2.05, 4.69) is 24.1 Å². The lowest BCUT2D eigenvalue weighted by atomic mass is 9.87. The van der Waals surface area contributed by atoms with Crippen LogP contribution in [0.25, 0.3) is 0 Å². The molecule has 0 aromatic carbocycles. The van der Waals surface area contributed by atoms with Crippen LogP contribution in [-0.2, 0) is 9.53 Å². The standard InChI is InChI=1S/C13H24N2O2/c1-8(2)5-12-14-9(3)13(16)15(12)10-6-11(7-10)17-4/h8-12,14H,5-7H2,1-4H3. The molecule has 2 rings (SSSR count). The quantitative estimate of drug-likeness (QED) is 0.806. The van der Waals surface area contributed by atoms with Crippen LogP contribution < -0.4 is 5.32 Å². The number of rotatable bonds is 4. The first-order valence-corrected chi connectivity index (χ1v) is 6.64. The summed E-state index contributed by atoms with van der Waals surface area (Å²) in [7, 11) is 1.75. The summed E-state index contributed by atoms with van der Waals surface area (Å²) in [5, 5.41) is 3.40. The molecule has 2 aliphatic rings. The number of ether oxygens (including phenoxy) is 1. The Hall–Kier alpha value is -0.610. The van der Waals surface area contributed by atoms with Crippen molar-refractivity contribution in [2.24, 2.45) is 5.92 Å². The molecule has 1 heterocycles. The fourth-order valence-corrected chi connectivity index (χ4v) is 2.84. The highest BCUT2D eigenvalue weighted by Crippen LogP contribution is 2.32. The van der Waals surface area contributed by atoms with Crippen molar-refractivity contribution in [2.45, 2.75) is 64.4 Å². The SMILES string of the molecule is COC1CC(N2C(=O)C(C)NC2CC(C)C)C1. The van der Waals surface area contributed by atoms with Gasteiger partial charge in [-0.05, 0) is 32.1 Å². The molecule has 2 unspecified atom stereocenters. The highest BCUT2D eigenvalue weighted by molar-refractivity contribution is 5.84. The first-order valence-electron chi connectivity index (χ1n) is 6.64. The molecule has 17 heavy (non-hydrogen) atoms. The Morgan fingerprint density at radius 1 is 1.47 bits per heavy atom. The van der Waals surface area contributed by atoms with Crippen molar-refractivity contribution >= 4 is 5.91 Å². The molecule has 1 amide bonds. The number of nitrogens with one attached hydrogen (secondary N) is 1. The minimum Gasteiger partial charge on any atom is -0.381 e. The predicted molar refractivity (Wildman–Crippen MR) is 66.5 cm³/mol. The molecule has 0 radical (unpaired) electrons. The molecule has 2 atom stereocenters. The smallest absolute Gasteiger partial charge is 0.240 e. The first kappa shape index (κ1) is 12.8. The molecular formula is C13H24N2O2. The van der Waals surface area contributed by atoms with E-state index in [1.54, 1.807) is 7.11 Å². The predicted octanol–water partition coefficient (Wildman–Crippen LogP) is 1.36. The van der Waals surface area contributed by atoms with Crippen molar-refractivity contribution in [1.29, 1.82) is 0 Å². The topological polar surface area (TPSA) is 41.6 Å². The number of carbonyl (C=O) groups excluding carboxylic acids is 1. The number of methoxy groups -OCH3 is 1. The van der Waals surface area contributed by atoms with Gasteiger partial charge in [-0.15, -0.1) is 0 Å². The molecule has 2 fully saturated rings. The Kier molecular flexibility index (Phi) is 3.73. The lowest BCUT2D eigenvalue weighted by Gasteiger charge is -2.43. The van der Waals surface area contributed by atoms with E-state index < -0.39 is 0 Å². The van der Waals surface area contributed by atoms with Crippen LogP contribution in [0.3, 0.4) is 0 Å². The average molecular weight is 240 g/mol. The van der Waals surface area contributed by atoms with Crippen LogP contribution in [0, 0.1) is 5.92 Å². The molecule has 1 aliphatic heterocycles. The zero-order valence-corrected chi connectivity index (χ0v) is 11.3. The van der Waals surface area contributed by atoms with Crippen molar-refractivity contribution in [3.05, 3.63) is 0 Å². The molecule has 0 aromatic rings. The van der Waals surface area contributed by atoms with Crippen LogP contribution in [0.5, 0.6) is 0 Å². The second-order valence-corrected chi connectivity index (χ2v) is 5.76. The Morgan fingerprint density at radius 3 is 2.65 bits per heavy atom. The summed E-state index contributed by atoms with van der Waals surface area (Å²) in [6.45, 7) is 6.36. The molecule has 98 valence electrons. The number of nitrogens with zero attached hydrogens (tertiary/aromatic N) is 1. The van der Waals surface area contributed by atoms with E-state index in [0.29, 0.717) is 18.1 Å². The van der Waals surface area contributed by atoms with E-state index >= 15 is 0 Å². The van der Waals surface area contributed by atoms with E-state index in [1.165, 1.54) is 0 Å². The minimum absolute atomic E-state index is 0.0275. The van der Waals surface area contributed by atoms with Gasteiger partial charge in [0.05, 0.1) is 18.3 Å². The zero-order chi connectivity index (χ0) is 12.6. The third-order valence-electron chi connectivity index (χ3n) is 3.89. The maximum absolute atomic E-state index is 12.1. The molecular weight excluding hydrogens is 216 g/mol. The van der Waals surface area contributed by atoms with Gasteiger partial charge in [0, 0.05) is 13.2 Å². The summed E-state index contributed by atoms with van der Waals surface area (Å²) in [6.07, 6.45) is 3.59. The van der Waals surface area contributed by atoms with Crippen molar-refractivity contribution in [3.8, 4) is 0 Å². The molecule has 1 aliphatic carbocycles. The highest BCUT2D eigenvalue weighted by Gasteiger charge is 2.45. The van der Waals surface area contributed by atoms with Gasteiger partial charge in [-0.2, -0.15) is 0 Å². The number of hydrogen-bond donors (Lipinski definition) is 1. The Balaban J connectivity index is 1.99. The van der Waals surface area contributed by atoms with Crippen molar-refractivity contribution in [3.63, 3.8) is 0 Å². The third kappa shape index (κ3) is 2.47. The van der Waals surface area contributed by atoms with Gasteiger partial charge in [0.15, 0.2) is 0 Å². The summed E-state index contributed by atoms with van der Waals surface area (Å²) in [4.78, 5) is 14.2. The summed E-state index contributed by atoms with van der Waals surface area (Å²) < 4.78 is 5.30. The van der Waals surface area contributed by atoms with Crippen LogP contribution in [0.4, 0.5) is 0 Å². The second-order valence-electron chi connectivity index (χ2n) is 5.76. The minimum atomic E-state index is -0.0275.